The monoisotopic (exact) mass is 413 g/mol. The van der Waals surface area contributed by atoms with Crippen LogP contribution in [0.2, 0.25) is 0 Å². The summed E-state index contributed by atoms with van der Waals surface area (Å²) in [5.74, 6) is 0.353. The summed E-state index contributed by atoms with van der Waals surface area (Å²) >= 11 is 0. The zero-order chi connectivity index (χ0) is 20.9. The first kappa shape index (κ1) is 20.8. The van der Waals surface area contributed by atoms with Gasteiger partial charge >= 0.3 is 0 Å². The van der Waals surface area contributed by atoms with Crippen LogP contribution < -0.4 is 4.74 Å². The maximum absolute atomic E-state index is 13.0. The molecule has 0 unspecified atom stereocenters. The predicted octanol–water partition coefficient (Wildman–Crippen LogP) is 2.80. The van der Waals surface area contributed by atoms with Crippen LogP contribution in [0.4, 0.5) is 4.39 Å². The van der Waals surface area contributed by atoms with Gasteiger partial charge < -0.3 is 14.4 Å². The van der Waals surface area contributed by atoms with E-state index in [2.05, 4.69) is 22.9 Å². The highest BCUT2D eigenvalue weighted by Crippen LogP contribution is 2.22. The minimum absolute atomic E-state index is 0.0482. The summed E-state index contributed by atoms with van der Waals surface area (Å²) in [5, 5.41) is 0. The summed E-state index contributed by atoms with van der Waals surface area (Å²) in [4.78, 5) is 21.3. The lowest BCUT2D eigenvalue weighted by Gasteiger charge is -2.42. The average Bonchev–Trinajstić information content (AvgIpc) is 2.76. The van der Waals surface area contributed by atoms with Crippen LogP contribution in [0.1, 0.15) is 24.1 Å². The molecule has 2 fully saturated rings. The lowest BCUT2D eigenvalue weighted by molar-refractivity contribution is -0.155. The molecule has 0 radical (unpaired) electrons. The molecular weight excluding hydrogens is 385 g/mol. The van der Waals surface area contributed by atoms with Crippen LogP contribution >= 0.6 is 0 Å². The highest BCUT2D eigenvalue weighted by atomic mass is 19.1. The molecule has 2 aliphatic rings. The van der Waals surface area contributed by atoms with E-state index in [0.717, 1.165) is 38.2 Å². The number of nitrogens with zero attached hydrogens (tertiary/aromatic N) is 3. The molecule has 0 spiro atoms. The van der Waals surface area contributed by atoms with Crippen molar-refractivity contribution in [3.63, 3.8) is 0 Å². The van der Waals surface area contributed by atoms with E-state index in [9.17, 15) is 9.18 Å². The van der Waals surface area contributed by atoms with Gasteiger partial charge in [-0.1, -0.05) is 6.07 Å². The largest absolute Gasteiger partial charge is 0.491 e. The highest BCUT2D eigenvalue weighted by molar-refractivity contribution is 5.78. The molecule has 2 aromatic rings. The first-order chi connectivity index (χ1) is 14.6. The number of carbonyl (C=O) groups is 1. The molecule has 1 aromatic heterocycles. The molecule has 7 heteroatoms. The van der Waals surface area contributed by atoms with Crippen LogP contribution in [-0.2, 0) is 16.1 Å². The number of aryl methyl sites for hydroxylation is 1. The van der Waals surface area contributed by atoms with Crippen LogP contribution in [0.25, 0.3) is 0 Å². The van der Waals surface area contributed by atoms with Crippen molar-refractivity contribution < 1.29 is 18.7 Å². The zero-order valence-corrected chi connectivity index (χ0v) is 17.3. The molecule has 4 rings (SSSR count). The molecule has 0 saturated carbocycles. The van der Waals surface area contributed by atoms with Gasteiger partial charge in [-0.05, 0) is 55.7 Å². The fourth-order valence-corrected chi connectivity index (χ4v) is 4.10. The number of rotatable bonds is 6. The van der Waals surface area contributed by atoms with E-state index >= 15 is 0 Å². The van der Waals surface area contributed by atoms with Crippen molar-refractivity contribution in [1.82, 2.24) is 14.8 Å². The minimum atomic E-state index is -0.294. The Bertz CT molecular complexity index is 853. The van der Waals surface area contributed by atoms with E-state index in [0.29, 0.717) is 18.9 Å². The molecule has 1 aromatic carbocycles. The molecule has 1 atom stereocenters. The number of ether oxygens (including phenoxy) is 2. The van der Waals surface area contributed by atoms with E-state index in [1.165, 1.54) is 17.7 Å². The van der Waals surface area contributed by atoms with Crippen molar-refractivity contribution >= 4 is 5.91 Å². The first-order valence-corrected chi connectivity index (χ1v) is 10.5. The zero-order valence-electron chi connectivity index (χ0n) is 17.3. The molecular formula is C23H28FN3O3. The summed E-state index contributed by atoms with van der Waals surface area (Å²) in [6, 6.07) is 10.2. The van der Waals surface area contributed by atoms with E-state index in [1.807, 2.05) is 17.2 Å². The molecule has 2 saturated heterocycles. The number of hydrogen-bond acceptors (Lipinski definition) is 5. The third-order valence-corrected chi connectivity index (χ3v) is 5.90. The van der Waals surface area contributed by atoms with Gasteiger partial charge in [-0.2, -0.15) is 0 Å². The second-order valence-corrected chi connectivity index (χ2v) is 8.02. The number of piperidine rings is 1. The van der Waals surface area contributed by atoms with Crippen LogP contribution in [-0.4, -0.2) is 65.7 Å². The Morgan fingerprint density at radius 1 is 1.20 bits per heavy atom. The summed E-state index contributed by atoms with van der Waals surface area (Å²) in [6.07, 6.45) is 3.56. The van der Waals surface area contributed by atoms with Gasteiger partial charge in [0.15, 0.2) is 0 Å². The molecule has 1 amide bonds. The Morgan fingerprint density at radius 2 is 1.97 bits per heavy atom. The van der Waals surface area contributed by atoms with Crippen LogP contribution in [0.15, 0.2) is 42.6 Å². The van der Waals surface area contributed by atoms with Gasteiger partial charge in [0.1, 0.15) is 30.9 Å². The quantitative estimate of drug-likeness (QED) is 0.729. The SMILES string of the molecule is Cc1cccnc1CN1CCC(N2C[C@@H](COc3ccc(F)cc3)OCC2=O)CC1. The topological polar surface area (TPSA) is 54.9 Å². The molecule has 0 N–H and O–H groups in total. The second-order valence-electron chi connectivity index (χ2n) is 8.02. The van der Waals surface area contributed by atoms with Crippen molar-refractivity contribution in [1.29, 1.82) is 0 Å². The molecule has 6 nitrogen and oxygen atoms in total. The fraction of sp³-hybridized carbons (Fsp3) is 0.478. The summed E-state index contributed by atoms with van der Waals surface area (Å²) in [7, 11) is 0. The lowest BCUT2D eigenvalue weighted by atomic mass is 10.0. The van der Waals surface area contributed by atoms with Gasteiger partial charge in [-0.15, -0.1) is 0 Å². The normalized spacial score (nSPS) is 21.1. The minimum Gasteiger partial charge on any atom is -0.491 e. The van der Waals surface area contributed by atoms with Crippen molar-refractivity contribution in [2.75, 3.05) is 32.8 Å². The second kappa shape index (κ2) is 9.53. The fourth-order valence-electron chi connectivity index (χ4n) is 4.10. The number of likely N-dealkylation sites (tertiary alicyclic amines) is 1. The van der Waals surface area contributed by atoms with Crippen LogP contribution in [0, 0.1) is 12.7 Å². The smallest absolute Gasteiger partial charge is 0.248 e. The Labute approximate surface area is 176 Å². The Balaban J connectivity index is 1.27. The van der Waals surface area contributed by atoms with Crippen molar-refractivity contribution in [3.05, 3.63) is 59.7 Å². The number of aromatic nitrogens is 1. The summed E-state index contributed by atoms with van der Waals surface area (Å²) < 4.78 is 24.4. The molecule has 0 bridgehead atoms. The first-order valence-electron chi connectivity index (χ1n) is 10.5. The number of pyridine rings is 1. The average molecular weight is 413 g/mol. The van der Waals surface area contributed by atoms with Crippen molar-refractivity contribution in [2.45, 2.75) is 38.5 Å². The number of carbonyl (C=O) groups excluding carboxylic acids is 1. The van der Waals surface area contributed by atoms with Gasteiger partial charge in [0, 0.05) is 31.9 Å². The summed E-state index contributed by atoms with van der Waals surface area (Å²) in [5.41, 5.74) is 2.34. The summed E-state index contributed by atoms with van der Waals surface area (Å²) in [6.45, 7) is 5.80. The number of morpholine rings is 1. The maximum atomic E-state index is 13.0. The molecule has 160 valence electrons. The van der Waals surface area contributed by atoms with Crippen LogP contribution in [0.3, 0.4) is 0 Å². The van der Waals surface area contributed by atoms with Gasteiger partial charge in [0.25, 0.3) is 0 Å². The number of hydrogen-bond donors (Lipinski definition) is 0. The van der Waals surface area contributed by atoms with Crippen molar-refractivity contribution in [3.8, 4) is 5.75 Å². The molecule has 30 heavy (non-hydrogen) atoms. The molecule has 2 aliphatic heterocycles. The lowest BCUT2D eigenvalue weighted by Crippen LogP contribution is -2.55. The molecule has 3 heterocycles. The molecule has 0 aliphatic carbocycles. The van der Waals surface area contributed by atoms with Gasteiger partial charge in [0.05, 0.1) is 12.2 Å². The third kappa shape index (κ3) is 5.15. The number of benzene rings is 1. The number of amides is 1. The maximum Gasteiger partial charge on any atom is 0.248 e. The Morgan fingerprint density at radius 3 is 2.70 bits per heavy atom. The Kier molecular flexibility index (Phi) is 6.59. The standard InChI is InChI=1S/C23H28FN3O3/c1-17-3-2-10-25-22(17)14-26-11-8-19(9-12-26)27-13-21(30-16-23(27)28)15-29-20-6-4-18(24)5-7-20/h2-7,10,19,21H,8-9,11-16H2,1H3/t21-/m0/s1. The third-order valence-electron chi connectivity index (χ3n) is 5.90. The van der Waals surface area contributed by atoms with Gasteiger partial charge in [0.2, 0.25) is 5.91 Å². The van der Waals surface area contributed by atoms with E-state index in [4.69, 9.17) is 9.47 Å². The van der Waals surface area contributed by atoms with Gasteiger partial charge in [-0.3, -0.25) is 14.7 Å². The van der Waals surface area contributed by atoms with E-state index in [1.54, 1.807) is 12.1 Å². The number of halogens is 1. The predicted molar refractivity (Wildman–Crippen MR) is 111 cm³/mol. The van der Waals surface area contributed by atoms with E-state index < -0.39 is 0 Å². The van der Waals surface area contributed by atoms with Crippen LogP contribution in [0.5, 0.6) is 5.75 Å². The Hall–Kier alpha value is -2.51. The van der Waals surface area contributed by atoms with Crippen molar-refractivity contribution in [2.24, 2.45) is 0 Å². The van der Waals surface area contributed by atoms with E-state index in [-0.39, 0.29) is 30.5 Å². The highest BCUT2D eigenvalue weighted by Gasteiger charge is 2.34. The van der Waals surface area contributed by atoms with Gasteiger partial charge in [-0.25, -0.2) is 4.39 Å².